The first-order chi connectivity index (χ1) is 39.8. The van der Waals surface area contributed by atoms with Gasteiger partial charge in [-0.05, 0) is 44.4 Å². The van der Waals surface area contributed by atoms with Gasteiger partial charge in [0, 0.05) is 36.1 Å². The zero-order valence-electron chi connectivity index (χ0n) is 47.3. The smallest absolute Gasteiger partial charge is 0.327 e. The van der Waals surface area contributed by atoms with Crippen molar-refractivity contribution < 1.29 is 77.6 Å². The average molecular weight is 1260 g/mol. The van der Waals surface area contributed by atoms with Crippen LogP contribution in [0, 0.1) is 5.92 Å². The number of fused-ring (bicyclic) bond motifs is 9. The molecule has 3 heterocycles. The SMILES string of the molecule is CCCCC1NC(=O)[C@H](C(C)C)NC(=O)[C@@H]2CSSC[C@H](NC(=O)CN)C(=O)N[C@@H](CSSC[C@@H](C(=O)O)NC(=O)[C@H](CCCC)NC1=O)C(=O)N[C@@H](CO)C(=O)N[C@@H](CC(=O)O)C(=O)N1CCC[C@H]1C(=O)N[C@@H](CCCN=C(N)N)C(=O)N2. The fourth-order valence-corrected chi connectivity index (χ4v) is 13.2. The van der Waals surface area contributed by atoms with E-state index in [0.29, 0.717) is 25.7 Å². The summed E-state index contributed by atoms with van der Waals surface area (Å²) in [6.07, 6.45) is 1.13. The Morgan fingerprint density at radius 3 is 1.65 bits per heavy atom. The molecule has 3 aliphatic heterocycles. The van der Waals surface area contributed by atoms with Gasteiger partial charge in [-0.3, -0.25) is 62.5 Å². The van der Waals surface area contributed by atoms with E-state index in [0.717, 1.165) is 48.1 Å². The number of carbonyl (C=O) groups is 13. The lowest BCUT2D eigenvalue weighted by atomic mass is 10.0. The zero-order valence-corrected chi connectivity index (χ0v) is 50.5. The van der Waals surface area contributed by atoms with E-state index in [2.05, 4.69) is 58.2 Å². The van der Waals surface area contributed by atoms with Gasteiger partial charge in [-0.25, -0.2) is 4.79 Å². The van der Waals surface area contributed by atoms with Gasteiger partial charge >= 0.3 is 11.9 Å². The predicted octanol–water partition coefficient (Wildman–Crippen LogP) is -4.78. The summed E-state index contributed by atoms with van der Waals surface area (Å²) >= 11 is 0. The van der Waals surface area contributed by atoms with E-state index < -0.39 is 175 Å². The highest BCUT2D eigenvalue weighted by Crippen LogP contribution is 2.26. The van der Waals surface area contributed by atoms with Crippen molar-refractivity contribution in [2.24, 2.45) is 28.1 Å². The molecule has 0 aliphatic carbocycles. The van der Waals surface area contributed by atoms with Crippen molar-refractivity contribution in [3.8, 4) is 0 Å². The third-order valence-electron chi connectivity index (χ3n) is 13.3. The van der Waals surface area contributed by atoms with Crippen molar-refractivity contribution in [1.82, 2.24) is 58.1 Å². The second-order valence-electron chi connectivity index (χ2n) is 20.2. The van der Waals surface area contributed by atoms with E-state index in [-0.39, 0.29) is 74.8 Å². The molecule has 3 saturated heterocycles. The van der Waals surface area contributed by atoms with Crippen molar-refractivity contribution >= 4 is 126 Å². The minimum atomic E-state index is -1.93. The number of guanidine groups is 1. The Morgan fingerprint density at radius 1 is 0.619 bits per heavy atom. The van der Waals surface area contributed by atoms with E-state index in [1.165, 1.54) is 0 Å². The molecular weight excluding hydrogens is 1180 g/mol. The van der Waals surface area contributed by atoms with Crippen LogP contribution in [0.1, 0.15) is 98.3 Å². The van der Waals surface area contributed by atoms with Crippen LogP contribution in [-0.2, 0) is 62.3 Å². The van der Waals surface area contributed by atoms with Gasteiger partial charge < -0.3 is 90.6 Å². The van der Waals surface area contributed by atoms with Crippen LogP contribution in [0.4, 0.5) is 0 Å². The van der Waals surface area contributed by atoms with Gasteiger partial charge in [0.2, 0.25) is 65.0 Å². The highest BCUT2D eigenvalue weighted by atomic mass is 33.1. The zero-order chi connectivity index (χ0) is 62.6. The summed E-state index contributed by atoms with van der Waals surface area (Å²) in [4.78, 5) is 185. The molecule has 3 aliphatic rings. The van der Waals surface area contributed by atoms with Crippen LogP contribution in [0.2, 0.25) is 0 Å². The second kappa shape index (κ2) is 37.2. The minimum Gasteiger partial charge on any atom is -0.481 e. The minimum absolute atomic E-state index is 0.00264. The number of carbonyl (C=O) groups excluding carboxylic acids is 11. The maximum Gasteiger partial charge on any atom is 0.327 e. The molecule has 11 atom stereocenters. The van der Waals surface area contributed by atoms with Crippen molar-refractivity contribution in [3.05, 3.63) is 0 Å². The first-order valence-corrected chi connectivity index (χ1v) is 32.5. The molecule has 0 aromatic heterocycles. The van der Waals surface area contributed by atoms with Crippen LogP contribution in [-0.4, -0.2) is 219 Å². The number of aliphatic hydroxyl groups is 1. The second-order valence-corrected chi connectivity index (χ2v) is 25.3. The van der Waals surface area contributed by atoms with Crippen LogP contribution in [0.5, 0.6) is 0 Å². The van der Waals surface area contributed by atoms with E-state index in [1.807, 2.05) is 13.8 Å². The normalized spacial score (nSPS) is 27.4. The third kappa shape index (κ3) is 24.0. The number of amides is 11. The number of unbranched alkanes of at least 4 members (excludes halogenated alkanes) is 2. The summed E-state index contributed by atoms with van der Waals surface area (Å²) in [5.74, 6) is -16.1. The Morgan fingerprint density at radius 2 is 1.11 bits per heavy atom. The average Bonchev–Trinajstić information content (AvgIpc) is 4.08. The molecule has 3 fully saturated rings. The summed E-state index contributed by atoms with van der Waals surface area (Å²) in [5, 5.41) is 55.8. The first kappa shape index (κ1) is 72.0. The number of aliphatic hydroxyl groups excluding tert-OH is 1. The highest BCUT2D eigenvalue weighted by molar-refractivity contribution is 8.77. The number of hydrogen-bond donors (Lipinski definition) is 16. The van der Waals surface area contributed by atoms with Crippen LogP contribution < -0.4 is 70.4 Å². The number of nitrogens with one attached hydrogen (secondary N) is 10. The third-order valence-corrected chi connectivity index (χ3v) is 18.1. The maximum atomic E-state index is 14.7. The van der Waals surface area contributed by atoms with Gasteiger partial charge in [0.25, 0.3) is 0 Å². The van der Waals surface area contributed by atoms with E-state index in [1.54, 1.807) is 13.8 Å². The molecule has 3 rings (SSSR count). The Kier molecular flexibility index (Phi) is 31.9. The number of rotatable bonds is 17. The Balaban J connectivity index is 2.34. The lowest BCUT2D eigenvalue weighted by molar-refractivity contribution is -0.146. The molecule has 31 nitrogen and oxygen atoms in total. The Bertz CT molecular complexity index is 2380. The van der Waals surface area contributed by atoms with Gasteiger partial charge in [-0.15, -0.1) is 0 Å². The summed E-state index contributed by atoms with van der Waals surface area (Å²) in [7, 11) is 3.46. The molecule has 84 heavy (non-hydrogen) atoms. The number of carboxylic acid groups (broad SMARTS) is 2. The standard InChI is InChI=1S/C49H81N15O16S4/c1-5-7-11-25-40(71)62-33(48(79)80)23-84-83-21-31-43(74)59-29(19-65)41(72)58-28(17-36(67)68)47(78)64-16-10-14-34(64)45(76)56-27(13-9-15-53-49(51)52)39(70)60-32(22-82-81-20-30(42(73)61-31)54-35(66)18-50)44(75)63-37(24(3)4)46(77)57-26(12-8-6-2)38(69)55-25/h24-34,37,65H,5-23,50H2,1-4H3,(H,54,66)(H,55,69)(H,56,76)(H,57,77)(H,58,72)(H,59,74)(H,60,70)(H,61,73)(H,62,71)(H,63,75)(H,67,68)(H,79,80)(H4,51,52,53)/t25-,26?,27-,28-,29-,30-,31-,32-,33-,34-,37-/m0/s1. The van der Waals surface area contributed by atoms with Crippen LogP contribution in [0.3, 0.4) is 0 Å². The molecule has 0 spiro atoms. The monoisotopic (exact) mass is 1260 g/mol. The van der Waals surface area contributed by atoms with Crippen molar-refractivity contribution in [3.63, 3.8) is 0 Å². The summed E-state index contributed by atoms with van der Waals surface area (Å²) in [6.45, 7) is 4.95. The molecule has 0 saturated carbocycles. The van der Waals surface area contributed by atoms with Gasteiger partial charge in [-0.2, -0.15) is 0 Å². The molecule has 472 valence electrons. The van der Waals surface area contributed by atoms with Crippen molar-refractivity contribution in [2.75, 3.05) is 49.3 Å². The molecule has 0 aromatic rings. The summed E-state index contributed by atoms with van der Waals surface area (Å²) in [5.41, 5.74) is 16.7. The van der Waals surface area contributed by atoms with E-state index in [4.69, 9.17) is 17.2 Å². The number of nitrogens with two attached hydrogens (primary N) is 3. The molecule has 19 N–H and O–H groups in total. The van der Waals surface area contributed by atoms with Crippen molar-refractivity contribution in [1.29, 1.82) is 0 Å². The summed E-state index contributed by atoms with van der Waals surface area (Å²) < 4.78 is 0. The van der Waals surface area contributed by atoms with Gasteiger partial charge in [-0.1, -0.05) is 96.6 Å². The molecule has 11 amide bonds. The van der Waals surface area contributed by atoms with Gasteiger partial charge in [0.05, 0.1) is 19.6 Å². The van der Waals surface area contributed by atoms with E-state index in [9.17, 15) is 77.6 Å². The molecule has 0 radical (unpaired) electrons. The first-order valence-electron chi connectivity index (χ1n) is 27.5. The molecule has 1 unspecified atom stereocenters. The lowest BCUT2D eigenvalue weighted by Gasteiger charge is -2.31. The Hall–Kier alpha value is -6.30. The number of aliphatic imine (C=N–C) groups is 1. The molecule has 0 aromatic carbocycles. The van der Waals surface area contributed by atoms with Crippen LogP contribution in [0.15, 0.2) is 4.99 Å². The van der Waals surface area contributed by atoms with Crippen LogP contribution in [0.25, 0.3) is 0 Å². The lowest BCUT2D eigenvalue weighted by Crippen LogP contribution is -2.61. The summed E-state index contributed by atoms with van der Waals surface area (Å²) in [6, 6.07) is -17.0. The predicted molar refractivity (Wildman–Crippen MR) is 314 cm³/mol. The molecule has 2 bridgehead atoms. The largest absolute Gasteiger partial charge is 0.481 e. The number of hydrogen-bond acceptors (Lipinski definition) is 20. The van der Waals surface area contributed by atoms with Crippen LogP contribution >= 0.6 is 43.2 Å². The maximum absolute atomic E-state index is 14.7. The van der Waals surface area contributed by atoms with Crippen molar-refractivity contribution in [2.45, 2.75) is 165 Å². The topological polar surface area (TPSA) is 497 Å². The van der Waals surface area contributed by atoms with Gasteiger partial charge in [0.1, 0.15) is 66.5 Å². The van der Waals surface area contributed by atoms with Gasteiger partial charge in [0.15, 0.2) is 5.96 Å². The van der Waals surface area contributed by atoms with E-state index >= 15 is 0 Å². The number of nitrogens with zero attached hydrogens (tertiary/aromatic N) is 2. The highest BCUT2D eigenvalue weighted by Gasteiger charge is 2.42. The number of carboxylic acids is 2. The molecule has 35 heteroatoms. The number of aliphatic carboxylic acids is 2. The fourth-order valence-electron chi connectivity index (χ4n) is 8.59. The fraction of sp³-hybridized carbons (Fsp3) is 0.714. The molecular formula is C49H81N15O16S4. The Labute approximate surface area is 501 Å². The quantitative estimate of drug-likeness (QED) is 0.0281.